The predicted octanol–water partition coefficient (Wildman–Crippen LogP) is -2.21. The number of ether oxygens (including phenoxy) is 3. The summed E-state index contributed by atoms with van der Waals surface area (Å²) in [5.41, 5.74) is 4.31. The van der Waals surface area contributed by atoms with Crippen LogP contribution in [0.4, 0.5) is 5.82 Å². The van der Waals surface area contributed by atoms with Gasteiger partial charge in [-0.15, -0.1) is 0 Å². The van der Waals surface area contributed by atoms with Gasteiger partial charge in [-0.3, -0.25) is 32.5 Å². The topological polar surface area (TPSA) is 399 Å². The van der Waals surface area contributed by atoms with Crippen molar-refractivity contribution < 1.29 is 84.8 Å². The van der Waals surface area contributed by atoms with Gasteiger partial charge in [-0.05, 0) is 6.42 Å². The smallest absolute Gasteiger partial charge is 0.388 e. The van der Waals surface area contributed by atoms with Crippen molar-refractivity contribution >= 4 is 48.0 Å². The Bertz CT molecular complexity index is 2090. The van der Waals surface area contributed by atoms with Crippen molar-refractivity contribution in [2.24, 2.45) is 0 Å². The van der Waals surface area contributed by atoms with Crippen molar-refractivity contribution in [1.29, 1.82) is 0 Å². The zero-order valence-electron chi connectivity index (χ0n) is 26.1. The zero-order chi connectivity index (χ0) is 38.4. The highest BCUT2D eigenvalue weighted by atomic mass is 31.3. The van der Waals surface area contributed by atoms with Gasteiger partial charge in [0, 0.05) is 19.4 Å². The van der Waals surface area contributed by atoms with Crippen LogP contribution in [0.1, 0.15) is 18.9 Å². The fourth-order valence-electron chi connectivity index (χ4n) is 5.33. The van der Waals surface area contributed by atoms with Crippen molar-refractivity contribution in [1.82, 2.24) is 29.1 Å². The number of aromatic nitrogens is 6. The Hall–Kier alpha value is -2.61. The van der Waals surface area contributed by atoms with Crippen molar-refractivity contribution in [3.05, 3.63) is 45.8 Å². The molecular formula is C21H31N7O20P4. The van der Waals surface area contributed by atoms with E-state index >= 15 is 0 Å². The van der Waals surface area contributed by atoms with E-state index in [1.165, 1.54) is 10.9 Å². The second kappa shape index (κ2) is 15.3. The number of hydrogen-bond donors (Lipinski definition) is 9. The highest BCUT2D eigenvalue weighted by Crippen LogP contribution is 2.66. The summed E-state index contributed by atoms with van der Waals surface area (Å²) in [6.07, 6.45) is -10.4. The number of nitrogens with zero attached hydrogens (tertiary/aromatic N) is 5. The highest BCUT2D eigenvalue weighted by molar-refractivity contribution is 7.66. The van der Waals surface area contributed by atoms with Crippen LogP contribution >= 0.6 is 31.1 Å². The first-order chi connectivity index (χ1) is 24.1. The molecule has 3 aromatic heterocycles. The third-order valence-electron chi connectivity index (χ3n) is 7.48. The lowest BCUT2D eigenvalue weighted by Crippen LogP contribution is -2.38. The number of nitrogens with one attached hydrogen (secondary N) is 1. The molecule has 0 spiro atoms. The molecule has 2 aliphatic rings. The number of H-pyrrole nitrogens is 1. The molecule has 52 heavy (non-hydrogen) atoms. The number of phosphoric acid groups is 3. The molecule has 0 aliphatic carbocycles. The number of hydrogen-bond acceptors (Lipinski definition) is 19. The summed E-state index contributed by atoms with van der Waals surface area (Å²) in [5, 5.41) is 21.1. The molecule has 5 rings (SSSR count). The van der Waals surface area contributed by atoms with Crippen LogP contribution in [0.5, 0.6) is 0 Å². The van der Waals surface area contributed by atoms with E-state index in [0.717, 1.165) is 30.3 Å². The summed E-state index contributed by atoms with van der Waals surface area (Å²) in [4.78, 5) is 85.6. The molecule has 11 atom stereocenters. The minimum atomic E-state index is -5.91. The number of imidazole rings is 1. The Kier molecular flexibility index (Phi) is 11.9. The maximum absolute atomic E-state index is 13.5. The molecule has 10 N–H and O–H groups in total. The van der Waals surface area contributed by atoms with E-state index in [0.29, 0.717) is 0 Å². The lowest BCUT2D eigenvalue weighted by Gasteiger charge is -2.26. The van der Waals surface area contributed by atoms with E-state index in [9.17, 15) is 52.7 Å². The molecule has 31 heteroatoms. The van der Waals surface area contributed by atoms with Gasteiger partial charge in [0.15, 0.2) is 23.9 Å². The molecule has 0 aromatic carbocycles. The molecule has 0 amide bonds. The molecule has 290 valence electrons. The maximum atomic E-state index is 13.5. The quantitative estimate of drug-likeness (QED) is 0.0734. The van der Waals surface area contributed by atoms with Gasteiger partial charge >= 0.3 is 36.8 Å². The Morgan fingerprint density at radius 2 is 1.60 bits per heavy atom. The van der Waals surface area contributed by atoms with Crippen molar-refractivity contribution in [3.8, 4) is 0 Å². The average molecular weight is 825 g/mol. The average Bonchev–Trinajstić information content (AvgIpc) is 3.67. The number of aliphatic hydroxyl groups excluding tert-OH is 2. The van der Waals surface area contributed by atoms with Gasteiger partial charge in [-0.25, -0.2) is 33.4 Å². The number of phosphoric ester groups is 1. The number of nitrogens with two attached hydrogens (primary N) is 1. The second-order valence-corrected chi connectivity index (χ2v) is 17.4. The van der Waals surface area contributed by atoms with E-state index in [1.54, 1.807) is 0 Å². The van der Waals surface area contributed by atoms with Gasteiger partial charge in [0.25, 0.3) is 5.56 Å². The third kappa shape index (κ3) is 9.36. The number of rotatable bonds is 15. The monoisotopic (exact) mass is 825 g/mol. The summed E-state index contributed by atoms with van der Waals surface area (Å²) in [7, 11) is -21.0. The number of nitrogen functional groups attached to an aromatic ring is 1. The lowest BCUT2D eigenvalue weighted by atomic mass is 10.1. The first-order valence-corrected chi connectivity index (χ1v) is 20.6. The number of aliphatic hydroxyl groups is 2. The number of fused-ring (bicyclic) bond motifs is 1. The molecule has 2 saturated heterocycles. The molecule has 2 fully saturated rings. The number of aromatic amines is 1. The SMILES string of the molecule is CO[C@@H]1[C@H](OP(=O)(O)CC[C@H]2O[C@@H](n3ccc(=O)[nH]c3=O)[C@H](O)[C@@H]2O)C(COP(=O)(O)OP(=O)(O)OP(=O)(O)O)O[C@H]1n1cnc2c(N)ncnc21. The minimum absolute atomic E-state index is 0.0401. The Morgan fingerprint density at radius 3 is 2.25 bits per heavy atom. The minimum Gasteiger partial charge on any atom is -0.388 e. The summed E-state index contributed by atoms with van der Waals surface area (Å²) < 4.78 is 85.4. The van der Waals surface area contributed by atoms with Crippen molar-refractivity contribution in [2.75, 3.05) is 25.6 Å². The summed E-state index contributed by atoms with van der Waals surface area (Å²) in [6, 6.07) is 0.963. The van der Waals surface area contributed by atoms with E-state index in [4.69, 9.17) is 38.8 Å². The van der Waals surface area contributed by atoms with Gasteiger partial charge in [0.1, 0.15) is 42.4 Å². The number of anilines is 1. The van der Waals surface area contributed by atoms with Gasteiger partial charge < -0.3 is 54.6 Å². The van der Waals surface area contributed by atoms with Crippen molar-refractivity contribution in [3.63, 3.8) is 0 Å². The molecule has 4 unspecified atom stereocenters. The van der Waals surface area contributed by atoms with Crippen LogP contribution in [-0.4, -0.2) is 120 Å². The van der Waals surface area contributed by atoms with Crippen LogP contribution in [0.3, 0.4) is 0 Å². The van der Waals surface area contributed by atoms with E-state index < -0.39 is 111 Å². The first kappa shape index (κ1) is 40.6. The van der Waals surface area contributed by atoms with Crippen molar-refractivity contribution in [2.45, 2.75) is 55.5 Å². The normalized spacial score (nSPS) is 30.2. The van der Waals surface area contributed by atoms with E-state index in [-0.39, 0.29) is 17.0 Å². The first-order valence-electron chi connectivity index (χ1n) is 14.3. The van der Waals surface area contributed by atoms with E-state index in [1.807, 2.05) is 4.98 Å². The summed E-state index contributed by atoms with van der Waals surface area (Å²) >= 11 is 0. The zero-order valence-corrected chi connectivity index (χ0v) is 29.7. The summed E-state index contributed by atoms with van der Waals surface area (Å²) in [5.74, 6) is -0.0401. The van der Waals surface area contributed by atoms with Gasteiger partial charge in [-0.2, -0.15) is 8.62 Å². The molecule has 0 bridgehead atoms. The molecule has 0 radical (unpaired) electrons. The van der Waals surface area contributed by atoms with Crippen LogP contribution in [0.25, 0.3) is 11.2 Å². The lowest BCUT2D eigenvalue weighted by molar-refractivity contribution is -0.0577. The molecule has 3 aromatic rings. The standard InChI is InChI=1S/C21H31N7O20P4/c1-42-16-15(46-49(33,34)5-3-9-13(30)14(31)19(44-9)27-4-2-11(29)26-21(27)32)10(6-43-51(38,39)48-52(40,41)47-50(35,36)37)45-20(16)28-8-25-12-17(22)23-7-24-18(12)28/h2,4,7-10,13-16,19-20,30-31H,3,5-6H2,1H3,(H,33,34)(H,38,39)(H,40,41)(H2,22,23,24)(H,26,29,32)(H2,35,36,37)/t9-,10?,13-,14-,15-,16-,19-,20-/m1/s1. The van der Waals surface area contributed by atoms with Crippen LogP contribution in [0, 0.1) is 0 Å². The predicted molar refractivity (Wildman–Crippen MR) is 166 cm³/mol. The van der Waals surface area contributed by atoms with E-state index in [2.05, 4.69) is 23.6 Å². The van der Waals surface area contributed by atoms with Crippen LogP contribution in [0.15, 0.2) is 34.5 Å². The van der Waals surface area contributed by atoms with Crippen LogP contribution in [0.2, 0.25) is 0 Å². The summed E-state index contributed by atoms with van der Waals surface area (Å²) in [6.45, 7) is -1.14. The fraction of sp³-hybridized carbons (Fsp3) is 0.571. The Labute approximate surface area is 288 Å². The Balaban J connectivity index is 1.36. The maximum Gasteiger partial charge on any atom is 0.490 e. The second-order valence-electron chi connectivity index (χ2n) is 11.0. The van der Waals surface area contributed by atoms with Gasteiger partial charge in [-0.1, -0.05) is 0 Å². The molecule has 0 saturated carbocycles. The molecular weight excluding hydrogens is 794 g/mol. The fourth-order valence-corrected chi connectivity index (χ4v) is 9.68. The number of methoxy groups -OCH3 is 1. The largest absolute Gasteiger partial charge is 0.490 e. The third-order valence-corrected chi connectivity index (χ3v) is 12.7. The van der Waals surface area contributed by atoms with Gasteiger partial charge in [0.2, 0.25) is 0 Å². The Morgan fingerprint density at radius 1 is 0.904 bits per heavy atom. The highest BCUT2D eigenvalue weighted by Gasteiger charge is 2.52. The molecule has 5 heterocycles. The van der Waals surface area contributed by atoms with Crippen LogP contribution < -0.4 is 17.0 Å². The van der Waals surface area contributed by atoms with Crippen LogP contribution in [-0.2, 0) is 50.1 Å². The molecule has 2 aliphatic heterocycles. The molecule has 27 nitrogen and oxygen atoms in total. The van der Waals surface area contributed by atoms with Gasteiger partial charge in [0.05, 0.1) is 25.2 Å².